The van der Waals surface area contributed by atoms with Gasteiger partial charge in [-0.15, -0.1) is 0 Å². The molecule has 3 heteroatoms. The van der Waals surface area contributed by atoms with E-state index in [-0.39, 0.29) is 0 Å². The highest BCUT2D eigenvalue weighted by molar-refractivity contribution is 6.29. The molecular weight excluding hydrogens is 643 g/mol. The van der Waals surface area contributed by atoms with Crippen LogP contribution in [0.2, 0.25) is 0 Å². The van der Waals surface area contributed by atoms with Crippen molar-refractivity contribution in [1.29, 1.82) is 0 Å². The zero-order chi connectivity index (χ0) is 35.1. The third-order valence-corrected chi connectivity index (χ3v) is 10.4. The lowest BCUT2D eigenvalue weighted by Gasteiger charge is -2.31. The van der Waals surface area contributed by atoms with Crippen LogP contribution in [0.25, 0.3) is 76.5 Å². The van der Waals surface area contributed by atoms with Gasteiger partial charge in [0.2, 0.25) is 0 Å². The Balaban J connectivity index is 1.46. The molecule has 248 valence electrons. The number of hydrogen-bond donors (Lipinski definition) is 0. The second-order valence-electron chi connectivity index (χ2n) is 13.4. The van der Waals surface area contributed by atoms with Crippen LogP contribution in [0, 0.1) is 0 Å². The molecule has 0 spiro atoms. The Kier molecular flexibility index (Phi) is 7.47. The summed E-state index contributed by atoms with van der Waals surface area (Å²) in [6.45, 7) is 0. The van der Waals surface area contributed by atoms with Crippen LogP contribution < -0.4 is 4.90 Å². The molecule has 0 amide bonds. The molecule has 0 fully saturated rings. The highest BCUT2D eigenvalue weighted by Crippen LogP contribution is 2.52. The van der Waals surface area contributed by atoms with E-state index in [1.165, 1.54) is 59.8 Å². The number of nitrogens with zero attached hydrogens (tertiary/aromatic N) is 3. The normalized spacial score (nSPS) is 11.4. The third-order valence-electron chi connectivity index (χ3n) is 10.4. The molecule has 0 N–H and O–H groups in total. The number of benzene rings is 8. The fourth-order valence-electron chi connectivity index (χ4n) is 8.17. The Morgan fingerprint density at radius 3 is 1.23 bits per heavy atom. The van der Waals surface area contributed by atoms with Crippen molar-refractivity contribution in [1.82, 2.24) is 9.97 Å². The smallest absolute Gasteiger partial charge is 0.0624 e. The molecule has 53 heavy (non-hydrogen) atoms. The average Bonchev–Trinajstić information content (AvgIpc) is 3.24. The molecule has 0 saturated carbocycles. The minimum Gasteiger partial charge on any atom is -0.309 e. The topological polar surface area (TPSA) is 29.0 Å². The summed E-state index contributed by atoms with van der Waals surface area (Å²) in [5.74, 6) is 0. The Hall–Kier alpha value is -7.10. The van der Waals surface area contributed by atoms with E-state index in [1.807, 2.05) is 36.9 Å². The molecule has 3 nitrogen and oxygen atoms in total. The SMILES string of the molecule is c1ccc(-c2c(N(c3ccccc3)c3ccccc3)c3ccccc3c3cc4c(-c5cccnc5)c5ccccc5c(-c5cccnc5)c4cc23)cc1. The number of anilines is 3. The molecule has 2 heterocycles. The Labute approximate surface area is 308 Å². The molecule has 0 radical (unpaired) electrons. The van der Waals surface area contributed by atoms with Gasteiger partial charge < -0.3 is 4.90 Å². The van der Waals surface area contributed by atoms with Crippen molar-refractivity contribution >= 4 is 60.2 Å². The molecule has 10 rings (SSSR count). The van der Waals surface area contributed by atoms with E-state index in [0.717, 1.165) is 33.8 Å². The summed E-state index contributed by atoms with van der Waals surface area (Å²) < 4.78 is 0. The second kappa shape index (κ2) is 12.9. The van der Waals surface area contributed by atoms with Gasteiger partial charge in [-0.05, 0) is 103 Å². The summed E-state index contributed by atoms with van der Waals surface area (Å²) in [5.41, 5.74) is 10.2. The fourth-order valence-corrected chi connectivity index (χ4v) is 8.17. The summed E-state index contributed by atoms with van der Waals surface area (Å²) in [5, 5.41) is 9.50. The lowest BCUT2D eigenvalue weighted by Crippen LogP contribution is -2.12. The van der Waals surface area contributed by atoms with Gasteiger partial charge in [0.05, 0.1) is 5.69 Å². The lowest BCUT2D eigenvalue weighted by atomic mass is 9.83. The minimum atomic E-state index is 1.09. The van der Waals surface area contributed by atoms with Crippen molar-refractivity contribution < 1.29 is 0 Å². The van der Waals surface area contributed by atoms with Gasteiger partial charge in [0.25, 0.3) is 0 Å². The van der Waals surface area contributed by atoms with E-state index in [4.69, 9.17) is 0 Å². The number of fused-ring (bicyclic) bond motifs is 5. The van der Waals surface area contributed by atoms with Crippen molar-refractivity contribution in [2.45, 2.75) is 0 Å². The van der Waals surface area contributed by atoms with Gasteiger partial charge in [-0.25, -0.2) is 0 Å². The van der Waals surface area contributed by atoms with Crippen LogP contribution in [0.1, 0.15) is 0 Å². The van der Waals surface area contributed by atoms with Gasteiger partial charge in [0.1, 0.15) is 0 Å². The van der Waals surface area contributed by atoms with E-state index in [2.05, 4.69) is 179 Å². The molecule has 2 aromatic heterocycles. The standard InChI is InChI=1S/C50H33N3/c1-4-16-34(17-5-1)49-44-31-46-45(47(35-18-14-28-51-32-35)40-25-11-12-26-41(40)48(46)36-19-15-29-52-33-36)30-43(44)39-24-10-13-27-42(39)50(49)53(37-20-6-2-7-21-37)38-22-8-3-9-23-38/h1-33H. The largest absolute Gasteiger partial charge is 0.309 e. The molecule has 0 saturated heterocycles. The van der Waals surface area contributed by atoms with Gasteiger partial charge in [0, 0.05) is 58.2 Å². The molecule has 10 aromatic rings. The number of hydrogen-bond acceptors (Lipinski definition) is 3. The summed E-state index contributed by atoms with van der Waals surface area (Å²) in [6, 6.07) is 63.3. The van der Waals surface area contributed by atoms with Gasteiger partial charge in [-0.3, -0.25) is 9.97 Å². The van der Waals surface area contributed by atoms with Gasteiger partial charge in [-0.2, -0.15) is 0 Å². The summed E-state index contributed by atoms with van der Waals surface area (Å²) in [6.07, 6.45) is 7.68. The fraction of sp³-hybridized carbons (Fsp3) is 0. The van der Waals surface area contributed by atoms with Crippen LogP contribution in [-0.2, 0) is 0 Å². The van der Waals surface area contributed by atoms with Gasteiger partial charge >= 0.3 is 0 Å². The molecule has 8 aromatic carbocycles. The molecular formula is C50H33N3. The predicted molar refractivity (Wildman–Crippen MR) is 223 cm³/mol. The first-order chi connectivity index (χ1) is 26.3. The van der Waals surface area contributed by atoms with Crippen LogP contribution in [-0.4, -0.2) is 9.97 Å². The number of rotatable bonds is 6. The molecule has 0 aliphatic carbocycles. The number of para-hydroxylation sites is 2. The number of pyridine rings is 2. The first kappa shape index (κ1) is 30.7. The molecule has 0 aliphatic heterocycles. The lowest BCUT2D eigenvalue weighted by molar-refractivity contribution is 1.30. The van der Waals surface area contributed by atoms with Crippen molar-refractivity contribution in [2.75, 3.05) is 4.90 Å². The maximum absolute atomic E-state index is 4.61. The van der Waals surface area contributed by atoms with Crippen LogP contribution in [0.4, 0.5) is 17.1 Å². The van der Waals surface area contributed by atoms with Crippen LogP contribution >= 0.6 is 0 Å². The maximum atomic E-state index is 4.61. The highest BCUT2D eigenvalue weighted by Gasteiger charge is 2.25. The van der Waals surface area contributed by atoms with E-state index in [0.29, 0.717) is 0 Å². The monoisotopic (exact) mass is 675 g/mol. The van der Waals surface area contributed by atoms with Crippen molar-refractivity contribution in [3.05, 3.63) is 201 Å². The Morgan fingerprint density at radius 1 is 0.302 bits per heavy atom. The first-order valence-corrected chi connectivity index (χ1v) is 18.0. The minimum absolute atomic E-state index is 1.09. The summed E-state index contributed by atoms with van der Waals surface area (Å²) in [4.78, 5) is 11.6. The van der Waals surface area contributed by atoms with E-state index in [9.17, 15) is 0 Å². The van der Waals surface area contributed by atoms with E-state index < -0.39 is 0 Å². The Morgan fingerprint density at radius 2 is 0.717 bits per heavy atom. The quantitative estimate of drug-likeness (QED) is 0.130. The van der Waals surface area contributed by atoms with Crippen LogP contribution in [0.15, 0.2) is 201 Å². The van der Waals surface area contributed by atoms with E-state index >= 15 is 0 Å². The average molecular weight is 676 g/mol. The predicted octanol–water partition coefficient (Wildman–Crippen LogP) is 13.6. The zero-order valence-electron chi connectivity index (χ0n) is 28.9. The molecule has 0 aliphatic rings. The van der Waals surface area contributed by atoms with Crippen molar-refractivity contribution in [3.63, 3.8) is 0 Å². The molecule has 0 atom stereocenters. The van der Waals surface area contributed by atoms with E-state index in [1.54, 1.807) is 0 Å². The Bertz CT molecular complexity index is 2870. The molecule has 0 unspecified atom stereocenters. The van der Waals surface area contributed by atoms with Crippen LogP contribution in [0.3, 0.4) is 0 Å². The zero-order valence-corrected chi connectivity index (χ0v) is 28.9. The molecule has 0 bridgehead atoms. The van der Waals surface area contributed by atoms with Gasteiger partial charge in [0.15, 0.2) is 0 Å². The number of aromatic nitrogens is 2. The maximum Gasteiger partial charge on any atom is 0.0624 e. The second-order valence-corrected chi connectivity index (χ2v) is 13.4. The van der Waals surface area contributed by atoms with Gasteiger partial charge in [-0.1, -0.05) is 127 Å². The van der Waals surface area contributed by atoms with Crippen molar-refractivity contribution in [3.8, 4) is 33.4 Å². The third kappa shape index (κ3) is 5.13. The summed E-state index contributed by atoms with van der Waals surface area (Å²) in [7, 11) is 0. The van der Waals surface area contributed by atoms with Crippen molar-refractivity contribution in [2.24, 2.45) is 0 Å². The first-order valence-electron chi connectivity index (χ1n) is 18.0. The highest BCUT2D eigenvalue weighted by atomic mass is 15.1. The summed E-state index contributed by atoms with van der Waals surface area (Å²) >= 11 is 0. The van der Waals surface area contributed by atoms with Crippen LogP contribution in [0.5, 0.6) is 0 Å².